The van der Waals surface area contributed by atoms with Gasteiger partial charge in [-0.15, -0.1) is 0 Å². The minimum Gasteiger partial charge on any atom is -0.497 e. The molecule has 37 heavy (non-hydrogen) atoms. The highest BCUT2D eigenvalue weighted by molar-refractivity contribution is 9.10. The van der Waals surface area contributed by atoms with Crippen LogP contribution in [0.5, 0.6) is 11.5 Å². The largest absolute Gasteiger partial charge is 0.497 e. The molecular formula is C31H27BrN2O2S. The topological polar surface area (TPSA) is 34.1 Å². The molecule has 0 bridgehead atoms. The van der Waals surface area contributed by atoms with Gasteiger partial charge in [0.1, 0.15) is 11.5 Å². The van der Waals surface area contributed by atoms with Gasteiger partial charge in [-0.3, -0.25) is 0 Å². The van der Waals surface area contributed by atoms with E-state index in [1.165, 1.54) is 33.5 Å². The highest BCUT2D eigenvalue weighted by atomic mass is 79.9. The second kappa shape index (κ2) is 10.3. The number of fused-ring (bicyclic) bond motifs is 1. The molecule has 1 aliphatic carbocycles. The van der Waals surface area contributed by atoms with Crippen LogP contribution in [0.4, 0.5) is 0 Å². The first kappa shape index (κ1) is 24.1. The number of amidine groups is 1. The average Bonchev–Trinajstić information content (AvgIpc) is 3.36. The van der Waals surface area contributed by atoms with E-state index in [9.17, 15) is 0 Å². The summed E-state index contributed by atoms with van der Waals surface area (Å²) < 4.78 is 11.9. The van der Waals surface area contributed by atoms with Gasteiger partial charge in [0, 0.05) is 9.88 Å². The Bertz CT molecular complexity index is 1440. The number of methoxy groups -OCH3 is 2. The molecule has 3 aromatic rings. The maximum Gasteiger partial charge on any atom is 0.174 e. The standard InChI is InChI=1S/C31H27BrN2O2S/c1-35-25-14-6-20(7-15-25)18-23-4-3-5-27-29(23)33-31-34(30(27)22-10-16-26(36-2)17-11-22)28(19-37-31)21-8-12-24(32)13-9-21/h6-19,30H,3-5H2,1-2H3/b23-18+/t30-/m1/s1. The van der Waals surface area contributed by atoms with Crippen molar-refractivity contribution >= 4 is 44.6 Å². The van der Waals surface area contributed by atoms with Gasteiger partial charge in [-0.2, -0.15) is 0 Å². The van der Waals surface area contributed by atoms with Crippen LogP contribution in [-0.4, -0.2) is 24.3 Å². The van der Waals surface area contributed by atoms with E-state index in [0.717, 1.165) is 46.1 Å². The molecule has 0 aromatic heterocycles. The van der Waals surface area contributed by atoms with Gasteiger partial charge in [-0.1, -0.05) is 64.1 Å². The van der Waals surface area contributed by atoms with Crippen LogP contribution in [0.25, 0.3) is 11.8 Å². The van der Waals surface area contributed by atoms with Crippen LogP contribution in [0.1, 0.15) is 42.0 Å². The molecule has 0 unspecified atom stereocenters. The maximum absolute atomic E-state index is 5.46. The normalized spacial score (nSPS) is 19.8. The summed E-state index contributed by atoms with van der Waals surface area (Å²) in [5.41, 5.74) is 8.62. The van der Waals surface area contributed by atoms with Gasteiger partial charge in [0.15, 0.2) is 5.17 Å². The first-order valence-electron chi connectivity index (χ1n) is 12.4. The number of nitrogens with zero attached hydrogens (tertiary/aromatic N) is 2. The molecule has 3 aromatic carbocycles. The van der Waals surface area contributed by atoms with Crippen molar-refractivity contribution in [2.24, 2.45) is 4.99 Å². The second-order valence-corrected chi connectivity index (χ2v) is 11.0. The van der Waals surface area contributed by atoms with Crippen molar-refractivity contribution < 1.29 is 9.47 Å². The number of rotatable bonds is 5. The summed E-state index contributed by atoms with van der Waals surface area (Å²) in [4.78, 5) is 7.71. The Morgan fingerprint density at radius 3 is 2.24 bits per heavy atom. The SMILES string of the molecule is COc1ccc(/C=C2\CCCC3=C2N=C2SC=C(c4ccc(Br)cc4)N2[C@@H]3c2ccc(OC)cc2)cc1. The van der Waals surface area contributed by atoms with Crippen molar-refractivity contribution in [3.05, 3.63) is 116 Å². The Kier molecular flexibility index (Phi) is 6.70. The molecule has 3 aliphatic rings. The van der Waals surface area contributed by atoms with Gasteiger partial charge in [0.05, 0.1) is 31.7 Å². The van der Waals surface area contributed by atoms with Crippen molar-refractivity contribution in [2.75, 3.05) is 14.2 Å². The highest BCUT2D eigenvalue weighted by Gasteiger charge is 2.40. The molecule has 2 heterocycles. The molecule has 0 radical (unpaired) electrons. The third-order valence-electron chi connectivity index (χ3n) is 7.07. The predicted molar refractivity (Wildman–Crippen MR) is 157 cm³/mol. The number of hydrogen-bond donors (Lipinski definition) is 0. The zero-order valence-corrected chi connectivity index (χ0v) is 23.2. The quantitative estimate of drug-likeness (QED) is 0.308. The summed E-state index contributed by atoms with van der Waals surface area (Å²) in [5, 5.41) is 3.27. The monoisotopic (exact) mass is 570 g/mol. The van der Waals surface area contributed by atoms with E-state index >= 15 is 0 Å². The lowest BCUT2D eigenvalue weighted by Gasteiger charge is -2.40. The summed E-state index contributed by atoms with van der Waals surface area (Å²) in [5.74, 6) is 1.73. The van der Waals surface area contributed by atoms with Crippen molar-refractivity contribution in [2.45, 2.75) is 25.3 Å². The van der Waals surface area contributed by atoms with Crippen molar-refractivity contribution in [3.63, 3.8) is 0 Å². The van der Waals surface area contributed by atoms with Crippen LogP contribution in [-0.2, 0) is 0 Å². The van der Waals surface area contributed by atoms with Crippen LogP contribution >= 0.6 is 27.7 Å². The van der Waals surface area contributed by atoms with E-state index in [4.69, 9.17) is 14.5 Å². The Labute approximate surface area is 230 Å². The van der Waals surface area contributed by atoms with Crippen LogP contribution < -0.4 is 9.47 Å². The number of allylic oxidation sites excluding steroid dienone is 1. The molecule has 2 aliphatic heterocycles. The lowest BCUT2D eigenvalue weighted by molar-refractivity contribution is 0.413. The van der Waals surface area contributed by atoms with Gasteiger partial charge in [0.25, 0.3) is 0 Å². The second-order valence-electron chi connectivity index (χ2n) is 9.24. The molecule has 0 fully saturated rings. The zero-order valence-electron chi connectivity index (χ0n) is 20.8. The van der Waals surface area contributed by atoms with Crippen LogP contribution in [0.15, 0.2) is 105 Å². The smallest absolute Gasteiger partial charge is 0.174 e. The molecule has 0 spiro atoms. The van der Waals surface area contributed by atoms with Crippen LogP contribution in [0.2, 0.25) is 0 Å². The molecular weight excluding hydrogens is 544 g/mol. The Morgan fingerprint density at radius 1 is 0.892 bits per heavy atom. The first-order chi connectivity index (χ1) is 18.1. The van der Waals surface area contributed by atoms with E-state index in [2.05, 4.69) is 93.0 Å². The summed E-state index contributed by atoms with van der Waals surface area (Å²) in [7, 11) is 3.41. The minimum atomic E-state index is 0.0814. The minimum absolute atomic E-state index is 0.0814. The summed E-state index contributed by atoms with van der Waals surface area (Å²) in [6.45, 7) is 0. The van der Waals surface area contributed by atoms with Crippen molar-refractivity contribution in [1.29, 1.82) is 0 Å². The Hall–Kier alpha value is -3.22. The molecule has 1 atom stereocenters. The van der Waals surface area contributed by atoms with Crippen molar-refractivity contribution in [3.8, 4) is 11.5 Å². The maximum atomic E-state index is 5.46. The number of benzene rings is 3. The predicted octanol–water partition coefficient (Wildman–Crippen LogP) is 8.45. The van der Waals surface area contributed by atoms with Gasteiger partial charge in [0.2, 0.25) is 0 Å². The molecule has 6 heteroatoms. The molecule has 0 saturated heterocycles. The molecule has 0 amide bonds. The van der Waals surface area contributed by atoms with Gasteiger partial charge >= 0.3 is 0 Å². The van der Waals surface area contributed by atoms with Gasteiger partial charge < -0.3 is 14.4 Å². The molecule has 186 valence electrons. The fourth-order valence-electron chi connectivity index (χ4n) is 5.23. The summed E-state index contributed by atoms with van der Waals surface area (Å²) >= 11 is 5.29. The third-order valence-corrected chi connectivity index (χ3v) is 8.43. The number of thioether (sulfide) groups is 1. The third kappa shape index (κ3) is 4.64. The fourth-order valence-corrected chi connectivity index (χ4v) is 6.43. The zero-order chi connectivity index (χ0) is 25.4. The number of ether oxygens (including phenoxy) is 2. The molecule has 0 saturated carbocycles. The molecule has 4 nitrogen and oxygen atoms in total. The van der Waals surface area contributed by atoms with E-state index < -0.39 is 0 Å². The lowest BCUT2D eigenvalue weighted by atomic mass is 9.82. The number of halogens is 1. The lowest BCUT2D eigenvalue weighted by Crippen LogP contribution is -2.34. The Balaban J connectivity index is 1.46. The first-order valence-corrected chi connectivity index (χ1v) is 14.0. The van der Waals surface area contributed by atoms with E-state index in [-0.39, 0.29) is 6.04 Å². The van der Waals surface area contributed by atoms with Crippen LogP contribution in [0, 0.1) is 0 Å². The Morgan fingerprint density at radius 2 is 1.57 bits per heavy atom. The van der Waals surface area contributed by atoms with Crippen molar-refractivity contribution in [1.82, 2.24) is 4.90 Å². The van der Waals surface area contributed by atoms with Gasteiger partial charge in [-0.05, 0) is 89.6 Å². The van der Waals surface area contributed by atoms with Crippen LogP contribution in [0.3, 0.4) is 0 Å². The fraction of sp³-hybridized carbons (Fsp3) is 0.194. The molecule has 6 rings (SSSR count). The average molecular weight is 572 g/mol. The number of hydrogen-bond acceptors (Lipinski definition) is 5. The van der Waals surface area contributed by atoms with Gasteiger partial charge in [-0.25, -0.2) is 4.99 Å². The number of aliphatic imine (C=N–C) groups is 1. The van der Waals surface area contributed by atoms with E-state index in [0.29, 0.717) is 0 Å². The molecule has 0 N–H and O–H groups in total. The van der Waals surface area contributed by atoms with E-state index in [1.54, 1.807) is 26.0 Å². The summed E-state index contributed by atoms with van der Waals surface area (Å²) in [6, 6.07) is 25.4. The highest BCUT2D eigenvalue weighted by Crippen LogP contribution is 2.51. The van der Waals surface area contributed by atoms with E-state index in [1.807, 2.05) is 12.1 Å². The summed E-state index contributed by atoms with van der Waals surface area (Å²) in [6.07, 6.45) is 5.45.